The predicted octanol–water partition coefficient (Wildman–Crippen LogP) is -0.801. The van der Waals surface area contributed by atoms with Gasteiger partial charge in [0.1, 0.15) is 49.9 Å². The van der Waals surface area contributed by atoms with Gasteiger partial charge in [-0.3, -0.25) is 57.6 Å². The van der Waals surface area contributed by atoms with Crippen LogP contribution in [-0.4, -0.2) is 153 Å². The van der Waals surface area contributed by atoms with E-state index in [1.165, 1.54) is 35.8 Å². The van der Waals surface area contributed by atoms with Gasteiger partial charge in [0.2, 0.25) is 47.3 Å². The molecule has 0 radical (unpaired) electrons. The molecular formula is C61H70FN11O16. The monoisotopic (exact) mass is 1230 g/mol. The molecule has 0 spiro atoms. The van der Waals surface area contributed by atoms with Crippen LogP contribution < -0.4 is 48.1 Å². The van der Waals surface area contributed by atoms with Crippen LogP contribution >= 0.6 is 0 Å². The number of pyridine rings is 2. The Balaban J connectivity index is 0.790. The number of amides is 10. The van der Waals surface area contributed by atoms with Gasteiger partial charge in [-0.15, -0.1) is 0 Å². The van der Waals surface area contributed by atoms with Crippen molar-refractivity contribution in [3.05, 3.63) is 116 Å². The SMILES string of the molecule is CC[C@@]1(O)C(=O)OCc2c1cc1n(c2=O)Cc2c-1nc1cc(F)c(C)c3c1c2C(NC(=O)COCNC(=O)CNC(=O)[C@H](Cc1ccccc1)NC(=O)CNC(=O)[C@H](CO)NC(=O)[C@H](C)NC(=O)[C@@H](NC(=O)CCCCCN1C(=O)C=CC1=O)C(C)C)=CC3. The largest absolute Gasteiger partial charge is 0.458 e. The Morgan fingerprint density at radius 2 is 1.48 bits per heavy atom. The van der Waals surface area contributed by atoms with Crippen LogP contribution in [0, 0.1) is 18.7 Å². The molecule has 0 unspecified atom stereocenters. The smallest absolute Gasteiger partial charge is 0.343 e. The van der Waals surface area contributed by atoms with E-state index in [0.717, 1.165) is 4.90 Å². The summed E-state index contributed by atoms with van der Waals surface area (Å²) in [6, 6.07) is 6.14. The van der Waals surface area contributed by atoms with Gasteiger partial charge in [0, 0.05) is 65.4 Å². The van der Waals surface area contributed by atoms with E-state index in [4.69, 9.17) is 14.5 Å². The van der Waals surface area contributed by atoms with E-state index in [9.17, 15) is 67.7 Å². The van der Waals surface area contributed by atoms with Gasteiger partial charge in [0.15, 0.2) is 5.60 Å². The zero-order chi connectivity index (χ0) is 64.4. The van der Waals surface area contributed by atoms with Crippen LogP contribution in [0.3, 0.4) is 0 Å². The number of rotatable bonds is 28. The highest BCUT2D eigenvalue weighted by Gasteiger charge is 2.46. The second-order valence-electron chi connectivity index (χ2n) is 22.2. The minimum atomic E-state index is -2.08. The first kappa shape index (κ1) is 65.4. The topological polar surface area (TPSA) is 381 Å². The normalized spacial score (nSPS) is 16.6. The summed E-state index contributed by atoms with van der Waals surface area (Å²) in [6.07, 6.45) is 5.65. The molecule has 3 aliphatic heterocycles. The number of carbonyl (C=O) groups is 11. The van der Waals surface area contributed by atoms with Crippen molar-refractivity contribution >= 4 is 81.6 Å². The van der Waals surface area contributed by atoms with Crippen LogP contribution in [0.2, 0.25) is 0 Å². The third kappa shape index (κ3) is 14.9. The number of ether oxygens (including phenoxy) is 2. The number of hydrogen-bond acceptors (Lipinski definition) is 17. The zero-order valence-electron chi connectivity index (χ0n) is 49.6. The number of aliphatic hydroxyl groups is 2. The number of cyclic esters (lactones) is 1. The number of esters is 1. The fraction of sp³-hybridized carbons (Fsp3) is 0.426. The molecule has 0 saturated heterocycles. The van der Waals surface area contributed by atoms with Gasteiger partial charge in [-0.2, -0.15) is 0 Å². The van der Waals surface area contributed by atoms with Gasteiger partial charge in [-0.1, -0.05) is 63.6 Å². The van der Waals surface area contributed by atoms with Crippen LogP contribution in [0.25, 0.3) is 28.0 Å². The lowest BCUT2D eigenvalue weighted by Crippen LogP contribution is -2.58. The summed E-state index contributed by atoms with van der Waals surface area (Å²) in [4.78, 5) is 162. The maximum absolute atomic E-state index is 15.4. The number of imide groups is 1. The van der Waals surface area contributed by atoms with Crippen molar-refractivity contribution in [3.8, 4) is 11.4 Å². The first-order chi connectivity index (χ1) is 42.4. The van der Waals surface area contributed by atoms with Gasteiger partial charge >= 0.3 is 5.97 Å². The highest BCUT2D eigenvalue weighted by atomic mass is 19.1. The average molecular weight is 1230 g/mol. The molecule has 472 valence electrons. The van der Waals surface area contributed by atoms with Crippen molar-refractivity contribution in [1.29, 1.82) is 0 Å². The van der Waals surface area contributed by atoms with Crippen LogP contribution in [0.5, 0.6) is 0 Å². The fourth-order valence-corrected chi connectivity index (χ4v) is 10.8. The first-order valence-electron chi connectivity index (χ1n) is 29.0. The van der Waals surface area contributed by atoms with Crippen molar-refractivity contribution in [2.45, 2.75) is 122 Å². The van der Waals surface area contributed by atoms with Crippen LogP contribution in [0.1, 0.15) is 98.7 Å². The number of aliphatic hydroxyl groups excluding tert-OH is 1. The second-order valence-corrected chi connectivity index (χ2v) is 22.2. The van der Waals surface area contributed by atoms with Gasteiger partial charge in [-0.25, -0.2) is 14.2 Å². The summed E-state index contributed by atoms with van der Waals surface area (Å²) in [5, 5.41) is 42.0. The molecule has 5 heterocycles. The zero-order valence-corrected chi connectivity index (χ0v) is 49.6. The summed E-state index contributed by atoms with van der Waals surface area (Å²) >= 11 is 0. The van der Waals surface area contributed by atoms with Crippen LogP contribution in [0.15, 0.2) is 65.5 Å². The van der Waals surface area contributed by atoms with E-state index in [1.807, 2.05) is 0 Å². The van der Waals surface area contributed by atoms with Crippen molar-refractivity contribution < 1.29 is 76.8 Å². The Bertz CT molecular complexity index is 3640. The minimum Gasteiger partial charge on any atom is -0.458 e. The molecule has 1 aliphatic carbocycles. The minimum absolute atomic E-state index is 0.0127. The Hall–Kier alpha value is -9.54. The summed E-state index contributed by atoms with van der Waals surface area (Å²) in [5.41, 5.74) is 1.38. The number of unbranched alkanes of at least 4 members (excludes halogenated alkanes) is 2. The fourth-order valence-electron chi connectivity index (χ4n) is 10.8. The Morgan fingerprint density at radius 1 is 0.787 bits per heavy atom. The van der Waals surface area contributed by atoms with Gasteiger partial charge in [-0.05, 0) is 68.2 Å². The Kier molecular flexibility index (Phi) is 21.0. The van der Waals surface area contributed by atoms with E-state index in [1.54, 1.807) is 64.1 Å². The number of hydrogen-bond donors (Lipinski definition) is 10. The Morgan fingerprint density at radius 3 is 2.17 bits per heavy atom. The number of nitrogens with zero attached hydrogens (tertiary/aromatic N) is 3. The first-order valence-corrected chi connectivity index (χ1v) is 29.0. The van der Waals surface area contributed by atoms with Crippen molar-refractivity contribution in [1.82, 2.24) is 57.0 Å². The summed E-state index contributed by atoms with van der Waals surface area (Å²) in [5.74, 6) is -8.66. The number of aromatic nitrogens is 2. The quantitative estimate of drug-likeness (QED) is 0.0127. The maximum Gasteiger partial charge on any atom is 0.343 e. The molecule has 0 saturated carbocycles. The van der Waals surface area contributed by atoms with Gasteiger partial charge in [0.25, 0.3) is 17.4 Å². The number of nitrogens with one attached hydrogen (secondary N) is 8. The van der Waals surface area contributed by atoms with Crippen molar-refractivity contribution in [2.75, 3.05) is 39.6 Å². The maximum atomic E-state index is 15.4. The third-order valence-electron chi connectivity index (χ3n) is 15.8. The van der Waals surface area contributed by atoms with E-state index in [0.29, 0.717) is 58.2 Å². The lowest BCUT2D eigenvalue weighted by Gasteiger charge is -2.31. The molecular weight excluding hydrogens is 1160 g/mol. The van der Waals surface area contributed by atoms with E-state index in [2.05, 4.69) is 42.5 Å². The van der Waals surface area contributed by atoms with Gasteiger partial charge in [0.05, 0.1) is 48.7 Å². The molecule has 10 N–H and O–H groups in total. The van der Waals surface area contributed by atoms with E-state index >= 15 is 4.39 Å². The number of carbonyl (C=O) groups excluding carboxylic acids is 11. The molecule has 4 aromatic rings. The third-order valence-corrected chi connectivity index (χ3v) is 15.8. The van der Waals surface area contributed by atoms with Crippen molar-refractivity contribution in [2.24, 2.45) is 5.92 Å². The van der Waals surface area contributed by atoms with Gasteiger partial charge < -0.3 is 66.8 Å². The number of halogens is 1. The molecule has 10 amide bonds. The molecule has 0 fully saturated rings. The number of benzene rings is 2. The molecule has 8 rings (SSSR count). The molecule has 28 heteroatoms. The molecule has 2 aromatic carbocycles. The molecule has 5 atom stereocenters. The predicted molar refractivity (Wildman–Crippen MR) is 314 cm³/mol. The standard InChI is InChI=1S/C61H70FN11O16/c1-6-61(87)38-22-44-54-36(26-73(44)59(85)37(38)28-89-60(61)86)52-40(17-16-35-32(4)39(62)23-41(69-54)51(35)52)67-48(78)29-88-30-65-46(76)24-63-56(82)42(21-34-13-9-7-10-14-34)68-47(77)25-64-57(83)43(27-74)70-55(81)33(5)66-58(84)53(31(2)3)71-45(75)15-11-8-12-20-72-49(79)18-19-50(72)80/h7,9-10,13-14,17-19,22-23,31,33,42-43,53,74,87H,6,8,11-12,15-16,20-21,24-30H2,1-5H3,(H,63,82)(H,64,83)(H,65,76)(H,66,84)(H,67,78)(H,68,77)(H,70,81)(H,71,75)/t33-,42-,43-,53-,61-/m0/s1. The second kappa shape index (κ2) is 28.5. The number of fused-ring (bicyclic) bond motifs is 5. The van der Waals surface area contributed by atoms with Crippen LogP contribution in [0.4, 0.5) is 4.39 Å². The van der Waals surface area contributed by atoms with E-state index < -0.39 is 145 Å². The molecule has 0 bridgehead atoms. The summed E-state index contributed by atoms with van der Waals surface area (Å²) in [6.45, 7) is 4.44. The van der Waals surface area contributed by atoms with Crippen molar-refractivity contribution in [3.63, 3.8) is 0 Å². The average Bonchev–Trinajstić information content (AvgIpc) is 1.64. The highest BCUT2D eigenvalue weighted by molar-refractivity contribution is 6.13. The Labute approximate surface area is 509 Å². The molecule has 2 aromatic heterocycles. The summed E-state index contributed by atoms with van der Waals surface area (Å²) < 4.78 is 27.5. The molecule has 89 heavy (non-hydrogen) atoms. The lowest BCUT2D eigenvalue weighted by atomic mass is 9.85. The van der Waals surface area contributed by atoms with E-state index in [-0.39, 0.29) is 73.4 Å². The molecule has 27 nitrogen and oxygen atoms in total. The molecule has 4 aliphatic rings. The highest BCUT2D eigenvalue weighted by Crippen LogP contribution is 2.44. The number of allylic oxidation sites excluding steroid dienone is 1. The van der Waals surface area contributed by atoms with Crippen LogP contribution in [-0.2, 0) is 93.8 Å². The summed E-state index contributed by atoms with van der Waals surface area (Å²) in [7, 11) is 0. The lowest BCUT2D eigenvalue weighted by molar-refractivity contribution is -0.172.